The number of nitrogens with two attached hydrogens (primary N) is 1. The first-order valence-corrected chi connectivity index (χ1v) is 12.3. The Balaban J connectivity index is 0.000000643. The molecule has 2 aromatic carbocycles. The molecular weight excluding hydrogens is 485 g/mol. The van der Waals surface area contributed by atoms with Gasteiger partial charge in [-0.15, -0.1) is 36.3 Å². The molecule has 2 N–H and O–H groups in total. The summed E-state index contributed by atoms with van der Waals surface area (Å²) < 4.78 is 10.7. The standard InChI is InChI=1S/C23H29N3O3.C8H7O.Li/c1-5-14-26(6-2)23(27)19(24)16-18-10-8-7-9-11-20(25-18)17-12-13-21(28-3)22(15-17)29-4;1-7-4-2-3-5-8(7)6-9;/h5,7,9,11-13,15-16H,2,6,8,10,14,24H2,1,3-4H3;2-5H,1H3;/q-2;-1;+1/b9-7-,19-16-,20-11-,25-18+;;. The first kappa shape index (κ1) is 33.5. The maximum atomic E-state index is 12.6. The fourth-order valence-corrected chi connectivity index (χ4v) is 3.60. The van der Waals surface area contributed by atoms with Crippen LogP contribution in [-0.4, -0.2) is 50.1 Å². The minimum Gasteiger partial charge on any atom is -0.493 e. The van der Waals surface area contributed by atoms with Crippen LogP contribution in [0.2, 0.25) is 0 Å². The maximum Gasteiger partial charge on any atom is 1.00 e. The molecule has 0 saturated carbocycles. The topological polar surface area (TPSA) is 94.2 Å². The normalized spacial score (nSPS) is 16.3. The van der Waals surface area contributed by atoms with Gasteiger partial charge in [-0.1, -0.05) is 25.1 Å². The molecule has 0 saturated heterocycles. The number of carbonyl (C=O) groups excluding carboxylic acids is 2. The molecular formula is C31H36LiN3O4-2. The van der Waals surface area contributed by atoms with Crippen molar-refractivity contribution in [2.75, 3.05) is 27.3 Å². The average molecular weight is 522 g/mol. The minimum atomic E-state index is -0.241. The molecule has 202 valence electrons. The predicted octanol–water partition coefficient (Wildman–Crippen LogP) is 2.02. The summed E-state index contributed by atoms with van der Waals surface area (Å²) in [4.78, 5) is 29.0. The van der Waals surface area contributed by atoms with Crippen molar-refractivity contribution in [3.63, 3.8) is 0 Å². The van der Waals surface area contributed by atoms with Crippen molar-refractivity contribution in [1.29, 1.82) is 0 Å². The molecule has 0 aliphatic carbocycles. The number of rotatable bonds is 9. The number of nitrogens with zero attached hydrogens (tertiary/aromatic N) is 2. The number of amides is 1. The quantitative estimate of drug-likeness (QED) is 0.310. The second-order valence-electron chi connectivity index (χ2n) is 8.37. The smallest absolute Gasteiger partial charge is 0.493 e. The predicted molar refractivity (Wildman–Crippen MR) is 153 cm³/mol. The van der Waals surface area contributed by atoms with Crippen LogP contribution < -0.4 is 34.1 Å². The molecule has 1 aliphatic heterocycles. The molecule has 0 aromatic heterocycles. The molecule has 1 aliphatic rings. The molecule has 0 fully saturated rings. The van der Waals surface area contributed by atoms with Crippen LogP contribution in [0.3, 0.4) is 0 Å². The molecule has 0 bridgehead atoms. The fourth-order valence-electron chi connectivity index (χ4n) is 3.60. The largest absolute Gasteiger partial charge is 1.00 e. The first-order chi connectivity index (χ1) is 18.4. The molecule has 0 radical (unpaired) electrons. The van der Waals surface area contributed by atoms with Gasteiger partial charge >= 0.3 is 18.9 Å². The van der Waals surface area contributed by atoms with Gasteiger partial charge in [-0.05, 0) is 43.2 Å². The monoisotopic (exact) mass is 521 g/mol. The Bertz CT molecular complexity index is 1220. The zero-order valence-electron chi connectivity index (χ0n) is 23.6. The van der Waals surface area contributed by atoms with Crippen molar-refractivity contribution < 1.29 is 37.9 Å². The Labute approximate surface area is 244 Å². The van der Waals surface area contributed by atoms with E-state index in [-0.39, 0.29) is 30.5 Å². The third-order valence-electron chi connectivity index (χ3n) is 5.68. The number of hydrogen-bond acceptors (Lipinski definition) is 6. The Morgan fingerprint density at radius 3 is 2.51 bits per heavy atom. The van der Waals surface area contributed by atoms with E-state index in [1.807, 2.05) is 75.1 Å². The number of ether oxygens (including phenoxy) is 2. The third-order valence-corrected chi connectivity index (χ3v) is 5.68. The zero-order valence-corrected chi connectivity index (χ0v) is 23.6. The van der Waals surface area contributed by atoms with Crippen LogP contribution in [0.4, 0.5) is 0 Å². The third kappa shape index (κ3) is 10.3. The van der Waals surface area contributed by atoms with Crippen molar-refractivity contribution in [3.8, 4) is 11.5 Å². The van der Waals surface area contributed by atoms with Crippen LogP contribution >= 0.6 is 0 Å². The van der Waals surface area contributed by atoms with Crippen LogP contribution in [0.15, 0.2) is 77.5 Å². The molecule has 2 aromatic rings. The number of hydrogen-bond donors (Lipinski definition) is 1. The van der Waals surface area contributed by atoms with Crippen molar-refractivity contribution in [2.45, 2.75) is 26.7 Å². The fraction of sp³-hybridized carbons (Fsp3) is 0.258. The van der Waals surface area contributed by atoms with Crippen LogP contribution in [0.1, 0.15) is 36.5 Å². The van der Waals surface area contributed by atoms with E-state index in [0.717, 1.165) is 29.0 Å². The zero-order chi connectivity index (χ0) is 27.9. The van der Waals surface area contributed by atoms with E-state index in [2.05, 4.69) is 13.0 Å². The number of aliphatic imine (C=N–C) groups is 1. The van der Waals surface area contributed by atoms with E-state index in [4.69, 9.17) is 20.2 Å². The van der Waals surface area contributed by atoms with Crippen molar-refractivity contribution >= 4 is 23.6 Å². The maximum absolute atomic E-state index is 12.6. The second-order valence-corrected chi connectivity index (χ2v) is 8.37. The van der Waals surface area contributed by atoms with Crippen molar-refractivity contribution in [1.82, 2.24) is 4.90 Å². The molecule has 39 heavy (non-hydrogen) atoms. The van der Waals surface area contributed by atoms with Gasteiger partial charge in [-0.3, -0.25) is 9.79 Å². The molecule has 0 atom stereocenters. The van der Waals surface area contributed by atoms with Crippen molar-refractivity contribution in [3.05, 3.63) is 103 Å². The molecule has 3 rings (SSSR count). The van der Waals surface area contributed by atoms with Gasteiger partial charge in [0.2, 0.25) is 0 Å². The number of aryl methyl sites for hydroxylation is 1. The Kier molecular flexibility index (Phi) is 15.4. The van der Waals surface area contributed by atoms with Gasteiger partial charge in [0.25, 0.3) is 5.91 Å². The summed E-state index contributed by atoms with van der Waals surface area (Å²) in [5.41, 5.74) is 10.2. The van der Waals surface area contributed by atoms with E-state index in [0.29, 0.717) is 36.6 Å². The Morgan fingerprint density at radius 1 is 1.21 bits per heavy atom. The van der Waals surface area contributed by atoms with Gasteiger partial charge in [-0.2, -0.15) is 13.0 Å². The van der Waals surface area contributed by atoms with E-state index >= 15 is 0 Å². The molecule has 7 nitrogen and oxygen atoms in total. The number of carbonyl (C=O) groups is 1. The number of benzene rings is 2. The Morgan fingerprint density at radius 2 is 1.92 bits per heavy atom. The summed E-state index contributed by atoms with van der Waals surface area (Å²) >= 11 is 0. The summed E-state index contributed by atoms with van der Waals surface area (Å²) in [7, 11) is 3.20. The van der Waals surface area contributed by atoms with E-state index in [1.165, 1.54) is 0 Å². The van der Waals surface area contributed by atoms with Gasteiger partial charge in [0.15, 0.2) is 11.5 Å². The van der Waals surface area contributed by atoms with Crippen LogP contribution in [-0.2, 0) is 9.59 Å². The second kappa shape index (κ2) is 17.9. The minimum absolute atomic E-state index is 0. The van der Waals surface area contributed by atoms with E-state index in [1.54, 1.807) is 31.3 Å². The molecule has 8 heteroatoms. The van der Waals surface area contributed by atoms with Gasteiger partial charge in [-0.25, -0.2) is 0 Å². The van der Waals surface area contributed by atoms with Gasteiger partial charge < -0.3 is 38.2 Å². The van der Waals surface area contributed by atoms with Gasteiger partial charge in [0.1, 0.15) is 0 Å². The summed E-state index contributed by atoms with van der Waals surface area (Å²) in [6.45, 7) is 8.43. The van der Waals surface area contributed by atoms with Crippen LogP contribution in [0.25, 0.3) is 5.70 Å². The van der Waals surface area contributed by atoms with Crippen molar-refractivity contribution in [2.24, 2.45) is 10.7 Å². The SMILES string of the molecule is Cc1ccccc1[C-]=O.[CH2-]CN(C[CH-]C)C(=O)/C(N)=C/C1=N/C(c2ccc(OC)c(OC)c2)=C\C=C/CC1.[Li+]. The average Bonchev–Trinajstić information content (AvgIpc) is 2.92. The van der Waals surface area contributed by atoms with E-state index < -0.39 is 0 Å². The molecule has 0 unspecified atom stereocenters. The van der Waals surface area contributed by atoms with E-state index in [9.17, 15) is 9.59 Å². The summed E-state index contributed by atoms with van der Waals surface area (Å²) in [5, 5.41) is 0. The number of methoxy groups -OCH3 is 2. The molecule has 0 spiro atoms. The van der Waals surface area contributed by atoms with Gasteiger partial charge in [0.05, 0.1) is 31.9 Å². The Hall–Kier alpha value is -3.53. The number of allylic oxidation sites excluding steroid dienone is 4. The summed E-state index contributed by atoms with van der Waals surface area (Å²) in [5.74, 6) is 1.04. The summed E-state index contributed by atoms with van der Waals surface area (Å²) in [6, 6.07) is 13.0. The summed E-state index contributed by atoms with van der Waals surface area (Å²) in [6.07, 6.45) is 12.9. The van der Waals surface area contributed by atoms with Crippen LogP contribution in [0.5, 0.6) is 11.5 Å². The molecule has 1 amide bonds. The first-order valence-electron chi connectivity index (χ1n) is 12.3. The van der Waals surface area contributed by atoms with Crippen LogP contribution in [0, 0.1) is 20.3 Å². The van der Waals surface area contributed by atoms with Gasteiger partial charge in [0, 0.05) is 11.3 Å². The molecule has 1 heterocycles.